The average molecular weight is 218 g/mol. The van der Waals surface area contributed by atoms with Crippen LogP contribution in [0, 0.1) is 0 Å². The molecular formula is C13H12ClN. The van der Waals surface area contributed by atoms with Gasteiger partial charge in [-0.3, -0.25) is 0 Å². The second-order valence-electron chi connectivity index (χ2n) is 3.38. The predicted molar refractivity (Wildman–Crippen MR) is 65.8 cm³/mol. The number of halogens is 1. The van der Waals surface area contributed by atoms with Gasteiger partial charge in [0.05, 0.1) is 0 Å². The molecule has 0 aliphatic heterocycles. The Labute approximate surface area is 94.5 Å². The second kappa shape index (κ2) is 4.37. The molecule has 0 fully saturated rings. The van der Waals surface area contributed by atoms with Gasteiger partial charge in [-0.05, 0) is 17.2 Å². The number of benzene rings is 2. The molecule has 0 amide bonds. The highest BCUT2D eigenvalue weighted by atomic mass is 35.5. The minimum absolute atomic E-state index is 0.504. The molecule has 1 nitrogen and oxygen atoms in total. The molecule has 2 heteroatoms. The lowest BCUT2D eigenvalue weighted by molar-refractivity contribution is 1.40. The number of nitrogen functional groups attached to an aromatic ring is 1. The molecule has 2 rings (SSSR count). The first-order valence-electron chi connectivity index (χ1n) is 4.81. The van der Waals surface area contributed by atoms with Crippen molar-refractivity contribution in [1.29, 1.82) is 0 Å². The minimum atomic E-state index is 0.504. The maximum Gasteiger partial charge on any atom is 0.0480 e. The number of hydrogen-bond donors (Lipinski definition) is 1. The molecule has 0 saturated carbocycles. The molecule has 0 bridgehead atoms. The first-order chi connectivity index (χ1) is 7.33. The van der Waals surface area contributed by atoms with Crippen LogP contribution in [-0.2, 0) is 5.88 Å². The molecule has 0 unspecified atom stereocenters. The van der Waals surface area contributed by atoms with Crippen molar-refractivity contribution in [2.24, 2.45) is 0 Å². The molecule has 76 valence electrons. The monoisotopic (exact) mass is 217 g/mol. The van der Waals surface area contributed by atoms with Crippen LogP contribution in [0.2, 0.25) is 0 Å². The highest BCUT2D eigenvalue weighted by molar-refractivity contribution is 6.17. The van der Waals surface area contributed by atoms with Gasteiger partial charge in [-0.25, -0.2) is 0 Å². The summed E-state index contributed by atoms with van der Waals surface area (Å²) < 4.78 is 0. The van der Waals surface area contributed by atoms with Crippen molar-refractivity contribution in [2.45, 2.75) is 5.88 Å². The number of rotatable bonds is 2. The topological polar surface area (TPSA) is 26.0 Å². The maximum absolute atomic E-state index is 5.93. The summed E-state index contributed by atoms with van der Waals surface area (Å²) in [6, 6.07) is 15.9. The van der Waals surface area contributed by atoms with E-state index in [4.69, 9.17) is 17.3 Å². The third kappa shape index (κ3) is 1.97. The van der Waals surface area contributed by atoms with Gasteiger partial charge in [-0.2, -0.15) is 0 Å². The molecule has 0 spiro atoms. The van der Waals surface area contributed by atoms with Gasteiger partial charge in [-0.15, -0.1) is 11.6 Å². The predicted octanol–water partition coefficient (Wildman–Crippen LogP) is 3.67. The fourth-order valence-electron chi connectivity index (χ4n) is 1.64. The minimum Gasteiger partial charge on any atom is -0.398 e. The third-order valence-electron chi connectivity index (χ3n) is 2.41. The summed E-state index contributed by atoms with van der Waals surface area (Å²) in [4.78, 5) is 0. The van der Waals surface area contributed by atoms with E-state index >= 15 is 0 Å². The number of anilines is 1. The van der Waals surface area contributed by atoms with E-state index in [0.29, 0.717) is 5.88 Å². The Morgan fingerprint density at radius 3 is 2.13 bits per heavy atom. The van der Waals surface area contributed by atoms with Crippen molar-refractivity contribution in [3.8, 4) is 11.1 Å². The molecule has 15 heavy (non-hydrogen) atoms. The Morgan fingerprint density at radius 1 is 0.867 bits per heavy atom. The van der Waals surface area contributed by atoms with E-state index in [0.717, 1.165) is 22.4 Å². The van der Waals surface area contributed by atoms with Crippen molar-refractivity contribution in [2.75, 3.05) is 5.73 Å². The van der Waals surface area contributed by atoms with Crippen molar-refractivity contribution >= 4 is 17.3 Å². The molecule has 2 aromatic carbocycles. The summed E-state index contributed by atoms with van der Waals surface area (Å²) >= 11 is 5.89. The van der Waals surface area contributed by atoms with Crippen LogP contribution in [0.15, 0.2) is 48.5 Å². The molecule has 0 atom stereocenters. The molecule has 0 aliphatic carbocycles. The van der Waals surface area contributed by atoms with Gasteiger partial charge in [0, 0.05) is 17.1 Å². The molecule has 2 aromatic rings. The van der Waals surface area contributed by atoms with Gasteiger partial charge in [0.15, 0.2) is 0 Å². The van der Waals surface area contributed by atoms with Crippen LogP contribution < -0.4 is 5.73 Å². The highest BCUT2D eigenvalue weighted by Gasteiger charge is 2.05. The van der Waals surface area contributed by atoms with Gasteiger partial charge in [-0.1, -0.05) is 42.5 Å². The quantitative estimate of drug-likeness (QED) is 0.603. The van der Waals surface area contributed by atoms with E-state index in [9.17, 15) is 0 Å². The number of alkyl halides is 1. The molecule has 0 aromatic heterocycles. The molecular weight excluding hydrogens is 206 g/mol. The summed E-state index contributed by atoms with van der Waals surface area (Å²) in [6.45, 7) is 0. The second-order valence-corrected chi connectivity index (χ2v) is 3.65. The lowest BCUT2D eigenvalue weighted by atomic mass is 9.99. The molecule has 0 aliphatic rings. The van der Waals surface area contributed by atoms with Crippen LogP contribution in [0.5, 0.6) is 0 Å². The summed E-state index contributed by atoms with van der Waals surface area (Å²) in [7, 11) is 0. The standard InChI is InChI=1S/C13H12ClN/c14-9-10-5-1-2-6-11(10)12-7-3-4-8-13(12)15/h1-8H,9,15H2. The maximum atomic E-state index is 5.93. The van der Waals surface area contributed by atoms with Gasteiger partial charge >= 0.3 is 0 Å². The Morgan fingerprint density at radius 2 is 1.47 bits per heavy atom. The van der Waals surface area contributed by atoms with Crippen LogP contribution in [0.3, 0.4) is 0 Å². The largest absolute Gasteiger partial charge is 0.398 e. The Bertz CT molecular complexity index is 466. The fraction of sp³-hybridized carbons (Fsp3) is 0.0769. The Kier molecular flexibility index (Phi) is 2.93. The van der Waals surface area contributed by atoms with Crippen molar-refractivity contribution in [3.63, 3.8) is 0 Å². The van der Waals surface area contributed by atoms with Gasteiger partial charge in [0.1, 0.15) is 0 Å². The number of hydrogen-bond acceptors (Lipinski definition) is 1. The van der Waals surface area contributed by atoms with Crippen LogP contribution >= 0.6 is 11.6 Å². The van der Waals surface area contributed by atoms with E-state index in [1.54, 1.807) is 0 Å². The first-order valence-corrected chi connectivity index (χ1v) is 5.35. The zero-order valence-corrected chi connectivity index (χ0v) is 9.04. The zero-order chi connectivity index (χ0) is 10.7. The van der Waals surface area contributed by atoms with E-state index in [1.807, 2.05) is 48.5 Å². The van der Waals surface area contributed by atoms with Gasteiger partial charge in [0.2, 0.25) is 0 Å². The number of para-hydroxylation sites is 1. The summed E-state index contributed by atoms with van der Waals surface area (Å²) in [5.41, 5.74) is 9.99. The fourth-order valence-corrected chi connectivity index (χ4v) is 1.87. The average Bonchev–Trinajstić information content (AvgIpc) is 2.30. The van der Waals surface area contributed by atoms with Crippen molar-refractivity contribution < 1.29 is 0 Å². The summed E-state index contributed by atoms with van der Waals surface area (Å²) in [5.74, 6) is 0.504. The number of nitrogens with two attached hydrogens (primary N) is 1. The molecule has 0 radical (unpaired) electrons. The van der Waals surface area contributed by atoms with Crippen LogP contribution in [0.1, 0.15) is 5.56 Å². The van der Waals surface area contributed by atoms with E-state index in [-0.39, 0.29) is 0 Å². The smallest absolute Gasteiger partial charge is 0.0480 e. The van der Waals surface area contributed by atoms with Crippen LogP contribution in [0.4, 0.5) is 5.69 Å². The van der Waals surface area contributed by atoms with E-state index in [1.165, 1.54) is 0 Å². The first kappa shape index (κ1) is 10.1. The summed E-state index contributed by atoms with van der Waals surface area (Å²) in [5, 5.41) is 0. The normalized spacial score (nSPS) is 10.2. The van der Waals surface area contributed by atoms with Crippen molar-refractivity contribution in [3.05, 3.63) is 54.1 Å². The van der Waals surface area contributed by atoms with Crippen molar-refractivity contribution in [1.82, 2.24) is 0 Å². The highest BCUT2D eigenvalue weighted by Crippen LogP contribution is 2.29. The van der Waals surface area contributed by atoms with E-state index in [2.05, 4.69) is 0 Å². The molecule has 0 heterocycles. The van der Waals surface area contributed by atoms with Gasteiger partial charge < -0.3 is 5.73 Å². The summed E-state index contributed by atoms with van der Waals surface area (Å²) in [6.07, 6.45) is 0. The van der Waals surface area contributed by atoms with Crippen LogP contribution in [0.25, 0.3) is 11.1 Å². The van der Waals surface area contributed by atoms with Gasteiger partial charge in [0.25, 0.3) is 0 Å². The SMILES string of the molecule is Nc1ccccc1-c1ccccc1CCl. The molecule has 0 saturated heterocycles. The zero-order valence-electron chi connectivity index (χ0n) is 8.28. The van der Waals surface area contributed by atoms with Crippen LogP contribution in [-0.4, -0.2) is 0 Å². The third-order valence-corrected chi connectivity index (χ3v) is 2.70. The molecule has 2 N–H and O–H groups in total. The lowest BCUT2D eigenvalue weighted by Gasteiger charge is -2.09. The Hall–Kier alpha value is -1.47. The Balaban J connectivity index is 2.59. The lowest BCUT2D eigenvalue weighted by Crippen LogP contribution is -1.92. The van der Waals surface area contributed by atoms with E-state index < -0.39 is 0 Å².